The van der Waals surface area contributed by atoms with Gasteiger partial charge in [0.2, 0.25) is 0 Å². The van der Waals surface area contributed by atoms with Crippen molar-refractivity contribution in [2.24, 2.45) is 5.92 Å². The van der Waals surface area contributed by atoms with Crippen molar-refractivity contribution in [2.75, 3.05) is 13.1 Å². The molecule has 0 radical (unpaired) electrons. The Morgan fingerprint density at radius 3 is 2.36 bits per heavy atom. The average Bonchev–Trinajstić information content (AvgIpc) is 2.57. The highest BCUT2D eigenvalue weighted by Gasteiger charge is 2.24. The Morgan fingerprint density at radius 2 is 1.68 bits per heavy atom. The first-order chi connectivity index (χ1) is 10.8. The maximum atomic E-state index is 12.3. The molecule has 22 heavy (non-hydrogen) atoms. The van der Waals surface area contributed by atoms with Crippen molar-refractivity contribution in [3.8, 4) is 0 Å². The summed E-state index contributed by atoms with van der Waals surface area (Å²) < 4.78 is 0. The number of piperidine rings is 1. The summed E-state index contributed by atoms with van der Waals surface area (Å²) in [7, 11) is 0. The van der Waals surface area contributed by atoms with E-state index in [-0.39, 0.29) is 6.03 Å². The number of likely N-dealkylation sites (tertiary alicyclic amines) is 1. The second-order valence-corrected chi connectivity index (χ2v) is 6.90. The number of amides is 2. The fourth-order valence-corrected chi connectivity index (χ4v) is 3.80. The Hall–Kier alpha value is -1.51. The van der Waals surface area contributed by atoms with Crippen LogP contribution in [0.1, 0.15) is 50.5 Å². The van der Waals surface area contributed by atoms with E-state index in [2.05, 4.69) is 35.6 Å². The van der Waals surface area contributed by atoms with Crippen LogP contribution in [0, 0.1) is 5.92 Å². The smallest absolute Gasteiger partial charge is 0.317 e. The summed E-state index contributed by atoms with van der Waals surface area (Å²) in [4.78, 5) is 14.4. The molecule has 1 aliphatic heterocycles. The van der Waals surface area contributed by atoms with Gasteiger partial charge in [0, 0.05) is 19.1 Å². The van der Waals surface area contributed by atoms with E-state index in [9.17, 15) is 4.79 Å². The van der Waals surface area contributed by atoms with Crippen LogP contribution in [0.25, 0.3) is 0 Å². The largest absolute Gasteiger partial charge is 0.335 e. The van der Waals surface area contributed by atoms with Crippen LogP contribution in [0.4, 0.5) is 4.79 Å². The van der Waals surface area contributed by atoms with Crippen LogP contribution in [0.15, 0.2) is 30.3 Å². The molecule has 1 heterocycles. The van der Waals surface area contributed by atoms with Gasteiger partial charge in [-0.25, -0.2) is 4.79 Å². The lowest BCUT2D eigenvalue weighted by molar-refractivity contribution is 0.164. The molecule has 1 aromatic rings. The summed E-state index contributed by atoms with van der Waals surface area (Å²) in [6, 6.07) is 11.3. The molecule has 3 rings (SSSR count). The van der Waals surface area contributed by atoms with Gasteiger partial charge in [-0.2, -0.15) is 0 Å². The van der Waals surface area contributed by atoms with Gasteiger partial charge in [-0.05, 0) is 43.6 Å². The predicted octanol–water partition coefficient (Wildman–Crippen LogP) is 3.98. The van der Waals surface area contributed by atoms with Gasteiger partial charge in [-0.1, -0.05) is 49.6 Å². The van der Waals surface area contributed by atoms with E-state index < -0.39 is 0 Å². The van der Waals surface area contributed by atoms with Crippen molar-refractivity contribution < 1.29 is 4.79 Å². The number of hydrogen-bond donors (Lipinski definition) is 1. The molecule has 0 atom stereocenters. The van der Waals surface area contributed by atoms with Crippen LogP contribution < -0.4 is 5.32 Å². The third-order valence-corrected chi connectivity index (χ3v) is 5.20. The van der Waals surface area contributed by atoms with Crippen molar-refractivity contribution in [3.05, 3.63) is 35.9 Å². The van der Waals surface area contributed by atoms with E-state index in [1.807, 2.05) is 4.90 Å². The second-order valence-electron chi connectivity index (χ2n) is 6.90. The summed E-state index contributed by atoms with van der Waals surface area (Å²) in [6.45, 7) is 1.83. The third kappa shape index (κ3) is 4.25. The Morgan fingerprint density at radius 1 is 1.00 bits per heavy atom. The number of carbonyl (C=O) groups is 1. The molecule has 3 heteroatoms. The highest BCUT2D eigenvalue weighted by Crippen LogP contribution is 2.22. The first kappa shape index (κ1) is 15.4. The van der Waals surface area contributed by atoms with E-state index >= 15 is 0 Å². The van der Waals surface area contributed by atoms with E-state index in [4.69, 9.17) is 0 Å². The first-order valence-electron chi connectivity index (χ1n) is 8.90. The van der Waals surface area contributed by atoms with Crippen molar-refractivity contribution in [1.82, 2.24) is 10.2 Å². The van der Waals surface area contributed by atoms with Crippen molar-refractivity contribution in [1.29, 1.82) is 0 Å². The van der Waals surface area contributed by atoms with Crippen molar-refractivity contribution in [2.45, 2.75) is 57.4 Å². The molecule has 120 valence electrons. The van der Waals surface area contributed by atoms with Gasteiger partial charge in [0.15, 0.2) is 0 Å². The van der Waals surface area contributed by atoms with Crippen molar-refractivity contribution in [3.63, 3.8) is 0 Å². The monoisotopic (exact) mass is 300 g/mol. The number of carbonyl (C=O) groups excluding carboxylic acids is 1. The third-order valence-electron chi connectivity index (χ3n) is 5.20. The Labute approximate surface area is 134 Å². The van der Waals surface area contributed by atoms with E-state index in [1.165, 1.54) is 24.8 Å². The van der Waals surface area contributed by atoms with Crippen LogP contribution in [0.2, 0.25) is 0 Å². The molecule has 1 aromatic carbocycles. The highest BCUT2D eigenvalue weighted by molar-refractivity contribution is 5.74. The van der Waals surface area contributed by atoms with E-state index in [1.54, 1.807) is 0 Å². The molecule has 2 amide bonds. The number of urea groups is 1. The maximum absolute atomic E-state index is 12.3. The quantitative estimate of drug-likeness (QED) is 0.899. The fourth-order valence-electron chi connectivity index (χ4n) is 3.80. The maximum Gasteiger partial charge on any atom is 0.317 e. The minimum Gasteiger partial charge on any atom is -0.335 e. The predicted molar refractivity (Wildman–Crippen MR) is 89.8 cm³/mol. The number of benzene rings is 1. The number of rotatable bonds is 3. The molecular weight excluding hydrogens is 272 g/mol. The molecule has 0 spiro atoms. The Kier molecular flexibility index (Phi) is 5.36. The molecule has 1 saturated heterocycles. The molecule has 3 nitrogen and oxygen atoms in total. The van der Waals surface area contributed by atoms with Gasteiger partial charge in [0.1, 0.15) is 0 Å². The van der Waals surface area contributed by atoms with Crippen LogP contribution in [0.5, 0.6) is 0 Å². The van der Waals surface area contributed by atoms with Gasteiger partial charge in [-0.15, -0.1) is 0 Å². The molecule has 0 bridgehead atoms. The lowest BCUT2D eigenvalue weighted by Crippen LogP contribution is -2.48. The standard InChI is InChI=1S/C19H28N2O/c22-19(20-18-9-5-2-6-10-18)21-13-11-17(12-14-21)15-16-7-3-1-4-8-16/h1,3-4,7-8,17-18H,2,5-6,9-15H2,(H,20,22). The van der Waals surface area contributed by atoms with Gasteiger partial charge in [0.25, 0.3) is 0 Å². The van der Waals surface area contributed by atoms with E-state index in [0.29, 0.717) is 6.04 Å². The highest BCUT2D eigenvalue weighted by atomic mass is 16.2. The zero-order valence-corrected chi connectivity index (χ0v) is 13.5. The van der Waals surface area contributed by atoms with Gasteiger partial charge >= 0.3 is 6.03 Å². The molecule has 1 aliphatic carbocycles. The van der Waals surface area contributed by atoms with E-state index in [0.717, 1.165) is 51.1 Å². The first-order valence-corrected chi connectivity index (χ1v) is 8.90. The van der Waals surface area contributed by atoms with Gasteiger partial charge < -0.3 is 10.2 Å². The zero-order valence-electron chi connectivity index (χ0n) is 13.5. The average molecular weight is 300 g/mol. The summed E-state index contributed by atoms with van der Waals surface area (Å²) in [5, 5.41) is 3.24. The lowest BCUT2D eigenvalue weighted by atomic mass is 9.90. The number of nitrogens with zero attached hydrogens (tertiary/aromatic N) is 1. The second kappa shape index (κ2) is 7.66. The summed E-state index contributed by atoms with van der Waals surface area (Å²) in [6.07, 6.45) is 9.61. The summed E-state index contributed by atoms with van der Waals surface area (Å²) in [5.74, 6) is 0.723. The Bertz CT molecular complexity index is 460. The topological polar surface area (TPSA) is 32.3 Å². The van der Waals surface area contributed by atoms with Crippen LogP contribution in [-0.4, -0.2) is 30.1 Å². The SMILES string of the molecule is O=C(NC1CCCCC1)N1CCC(Cc2ccccc2)CC1. The minimum atomic E-state index is 0.171. The summed E-state index contributed by atoms with van der Waals surface area (Å²) in [5.41, 5.74) is 1.42. The zero-order chi connectivity index (χ0) is 15.2. The molecule has 2 fully saturated rings. The fraction of sp³-hybridized carbons (Fsp3) is 0.632. The molecule has 1 N–H and O–H groups in total. The molecule has 2 aliphatic rings. The van der Waals surface area contributed by atoms with Gasteiger partial charge in [0.05, 0.1) is 0 Å². The normalized spacial score (nSPS) is 20.8. The molecule has 0 aromatic heterocycles. The van der Waals surface area contributed by atoms with Gasteiger partial charge in [-0.3, -0.25) is 0 Å². The lowest BCUT2D eigenvalue weighted by Gasteiger charge is -2.34. The molecular formula is C19H28N2O. The van der Waals surface area contributed by atoms with Crippen molar-refractivity contribution >= 4 is 6.03 Å². The Balaban J connectivity index is 1.42. The number of hydrogen-bond acceptors (Lipinski definition) is 1. The minimum absolute atomic E-state index is 0.171. The van der Waals surface area contributed by atoms with Crippen LogP contribution in [0.3, 0.4) is 0 Å². The number of nitrogens with one attached hydrogen (secondary N) is 1. The van der Waals surface area contributed by atoms with Crippen LogP contribution in [-0.2, 0) is 6.42 Å². The van der Waals surface area contributed by atoms with Crippen LogP contribution >= 0.6 is 0 Å². The molecule has 0 unspecified atom stereocenters. The summed E-state index contributed by atoms with van der Waals surface area (Å²) >= 11 is 0. The molecule has 1 saturated carbocycles.